The van der Waals surface area contributed by atoms with Crippen LogP contribution in [0.2, 0.25) is 5.02 Å². The van der Waals surface area contributed by atoms with Gasteiger partial charge in [0.05, 0.1) is 12.8 Å². The Kier molecular flexibility index (Phi) is 6.42. The fourth-order valence-electron chi connectivity index (χ4n) is 3.79. The summed E-state index contributed by atoms with van der Waals surface area (Å²) in [5, 5.41) is 0.510. The van der Waals surface area contributed by atoms with Gasteiger partial charge >= 0.3 is 5.97 Å². The molecule has 0 N–H and O–H groups in total. The van der Waals surface area contributed by atoms with Crippen LogP contribution >= 0.6 is 11.6 Å². The number of esters is 1. The molecule has 0 spiro atoms. The number of anilines is 1. The first-order valence-electron chi connectivity index (χ1n) is 10.2. The van der Waals surface area contributed by atoms with Crippen molar-refractivity contribution in [2.24, 2.45) is 0 Å². The molecule has 2 aromatic carbocycles. The van der Waals surface area contributed by atoms with Crippen LogP contribution < -0.4 is 4.90 Å². The van der Waals surface area contributed by atoms with Crippen molar-refractivity contribution in [3.63, 3.8) is 0 Å². The average Bonchev–Trinajstić information content (AvgIpc) is 2.97. The second-order valence-electron chi connectivity index (χ2n) is 8.78. The molecule has 0 radical (unpaired) electrons. The molecular formula is C26H26ClNO4. The molecule has 1 aliphatic rings. The third-order valence-electron chi connectivity index (χ3n) is 5.64. The van der Waals surface area contributed by atoms with Crippen molar-refractivity contribution in [2.45, 2.75) is 39.0 Å². The first-order valence-corrected chi connectivity index (χ1v) is 10.6. The van der Waals surface area contributed by atoms with Crippen molar-refractivity contribution in [3.05, 3.63) is 88.0 Å². The van der Waals surface area contributed by atoms with Gasteiger partial charge in [0, 0.05) is 27.7 Å². The molecule has 5 nitrogen and oxygen atoms in total. The smallest absolute Gasteiger partial charge is 0.334 e. The zero-order chi connectivity index (χ0) is 23.8. The molecule has 3 rings (SSSR count). The summed E-state index contributed by atoms with van der Waals surface area (Å²) in [6.45, 7) is 11.7. The van der Waals surface area contributed by atoms with Crippen LogP contribution in [0.1, 0.15) is 44.7 Å². The molecule has 0 bridgehead atoms. The van der Waals surface area contributed by atoms with Crippen molar-refractivity contribution in [1.29, 1.82) is 0 Å². The zero-order valence-corrected chi connectivity index (χ0v) is 19.6. The van der Waals surface area contributed by atoms with Gasteiger partial charge in [-0.05, 0) is 47.7 Å². The molecule has 0 saturated heterocycles. The molecule has 0 aromatic heterocycles. The van der Waals surface area contributed by atoms with Gasteiger partial charge < -0.3 is 4.74 Å². The zero-order valence-electron chi connectivity index (χ0n) is 18.9. The van der Waals surface area contributed by atoms with E-state index in [0.29, 0.717) is 16.3 Å². The van der Waals surface area contributed by atoms with Crippen molar-refractivity contribution in [2.75, 3.05) is 12.0 Å². The van der Waals surface area contributed by atoms with E-state index in [-0.39, 0.29) is 22.1 Å². The summed E-state index contributed by atoms with van der Waals surface area (Å²) in [5.41, 5.74) is 2.65. The number of carbonyl (C=O) groups is 3. The van der Waals surface area contributed by atoms with Crippen LogP contribution in [0.15, 0.2) is 71.8 Å². The number of methoxy groups -OCH3 is 1. The van der Waals surface area contributed by atoms with Crippen LogP contribution in [-0.4, -0.2) is 24.9 Å². The molecule has 2 aromatic rings. The lowest BCUT2D eigenvalue weighted by Crippen LogP contribution is -2.32. The highest BCUT2D eigenvalue weighted by molar-refractivity contribution is 6.33. The molecule has 166 valence electrons. The SMILES string of the molecule is C=C(C(=O)OC)[C@@H](C1=C(C)C(=O)N(c2ccc(C(C)(C)C)cc2)C1=O)c1ccc(Cl)cc1. The number of rotatable bonds is 5. The van der Waals surface area contributed by atoms with Crippen molar-refractivity contribution >= 4 is 35.1 Å². The Bertz CT molecular complexity index is 1120. The number of carbonyl (C=O) groups excluding carboxylic acids is 3. The van der Waals surface area contributed by atoms with Crippen LogP contribution in [0.25, 0.3) is 0 Å². The van der Waals surface area contributed by atoms with Crippen LogP contribution in [0.3, 0.4) is 0 Å². The minimum absolute atomic E-state index is 0.0607. The predicted octanol–water partition coefficient (Wildman–Crippen LogP) is 5.34. The van der Waals surface area contributed by atoms with E-state index in [1.54, 1.807) is 43.3 Å². The lowest BCUT2D eigenvalue weighted by atomic mass is 9.83. The number of halogens is 1. The van der Waals surface area contributed by atoms with Crippen LogP contribution in [0.4, 0.5) is 5.69 Å². The second-order valence-corrected chi connectivity index (χ2v) is 9.22. The Hall–Kier alpha value is -3.18. The van der Waals surface area contributed by atoms with Crippen molar-refractivity contribution in [3.8, 4) is 0 Å². The number of hydrogen-bond donors (Lipinski definition) is 0. The Morgan fingerprint density at radius 1 is 1.00 bits per heavy atom. The van der Waals surface area contributed by atoms with Gasteiger partial charge in [0.15, 0.2) is 0 Å². The topological polar surface area (TPSA) is 63.7 Å². The summed E-state index contributed by atoms with van der Waals surface area (Å²) in [4.78, 5) is 40.2. The van der Waals surface area contributed by atoms with Gasteiger partial charge in [-0.15, -0.1) is 0 Å². The molecule has 32 heavy (non-hydrogen) atoms. The number of imide groups is 1. The molecule has 1 heterocycles. The fraction of sp³-hybridized carbons (Fsp3) is 0.269. The molecule has 2 amide bonds. The fourth-order valence-corrected chi connectivity index (χ4v) is 3.91. The Labute approximate surface area is 193 Å². The largest absolute Gasteiger partial charge is 0.466 e. The Balaban J connectivity index is 2.07. The van der Waals surface area contributed by atoms with Gasteiger partial charge in [-0.25, -0.2) is 9.69 Å². The van der Waals surface area contributed by atoms with Crippen LogP contribution in [0.5, 0.6) is 0 Å². The summed E-state index contributed by atoms with van der Waals surface area (Å²) < 4.78 is 4.85. The van der Waals surface area contributed by atoms with E-state index >= 15 is 0 Å². The lowest BCUT2D eigenvalue weighted by molar-refractivity contribution is -0.136. The highest BCUT2D eigenvalue weighted by Gasteiger charge is 2.43. The molecule has 0 fully saturated rings. The monoisotopic (exact) mass is 451 g/mol. The molecule has 1 aliphatic heterocycles. The van der Waals surface area contributed by atoms with Gasteiger partial charge in [0.2, 0.25) is 0 Å². The quantitative estimate of drug-likeness (QED) is 0.349. The molecule has 6 heteroatoms. The Morgan fingerprint density at radius 2 is 1.56 bits per heavy atom. The van der Waals surface area contributed by atoms with E-state index < -0.39 is 23.7 Å². The van der Waals surface area contributed by atoms with Gasteiger partial charge in [0.25, 0.3) is 11.8 Å². The van der Waals surface area contributed by atoms with Gasteiger partial charge in [-0.1, -0.05) is 63.2 Å². The standard InChI is InChI=1S/C26H26ClNO4/c1-15-22(21(16(2)25(31)32-6)17-7-11-19(27)12-8-17)24(30)28(23(15)29)20-13-9-18(10-14-20)26(3,4)5/h7-14,21H,2H2,1,3-6H3/t21-/m1/s1. The molecular weight excluding hydrogens is 426 g/mol. The highest BCUT2D eigenvalue weighted by Crippen LogP contribution is 2.40. The summed E-state index contributed by atoms with van der Waals surface area (Å²) in [6.07, 6.45) is 0. The average molecular weight is 452 g/mol. The summed E-state index contributed by atoms with van der Waals surface area (Å²) in [6, 6.07) is 14.1. The predicted molar refractivity (Wildman–Crippen MR) is 126 cm³/mol. The number of hydrogen-bond acceptors (Lipinski definition) is 4. The van der Waals surface area contributed by atoms with Crippen LogP contribution in [0, 0.1) is 0 Å². The van der Waals surface area contributed by atoms with E-state index in [1.165, 1.54) is 7.11 Å². The molecule has 0 unspecified atom stereocenters. The van der Waals surface area contributed by atoms with E-state index in [4.69, 9.17) is 16.3 Å². The van der Waals surface area contributed by atoms with Crippen molar-refractivity contribution < 1.29 is 19.1 Å². The van der Waals surface area contributed by atoms with E-state index in [1.807, 2.05) is 12.1 Å². The maximum atomic E-state index is 13.5. The van der Waals surface area contributed by atoms with Gasteiger partial charge in [-0.2, -0.15) is 0 Å². The van der Waals surface area contributed by atoms with Gasteiger partial charge in [-0.3, -0.25) is 9.59 Å². The third-order valence-corrected chi connectivity index (χ3v) is 5.89. The van der Waals surface area contributed by atoms with Gasteiger partial charge in [0.1, 0.15) is 0 Å². The first kappa shape index (κ1) is 23.5. The molecule has 0 saturated carbocycles. The molecule has 1 atom stereocenters. The van der Waals surface area contributed by atoms with E-state index in [2.05, 4.69) is 27.4 Å². The minimum Gasteiger partial charge on any atom is -0.466 e. The summed E-state index contributed by atoms with van der Waals surface area (Å²) in [5.74, 6) is -2.40. The van der Waals surface area contributed by atoms with E-state index in [9.17, 15) is 14.4 Å². The summed E-state index contributed by atoms with van der Waals surface area (Å²) in [7, 11) is 1.25. The third kappa shape index (κ3) is 4.26. The first-order chi connectivity index (χ1) is 15.0. The van der Waals surface area contributed by atoms with Crippen molar-refractivity contribution in [1.82, 2.24) is 0 Å². The number of nitrogens with zero attached hydrogens (tertiary/aromatic N) is 1. The van der Waals surface area contributed by atoms with Crippen LogP contribution in [-0.2, 0) is 24.5 Å². The number of benzene rings is 2. The normalized spacial score (nSPS) is 15.2. The highest BCUT2D eigenvalue weighted by atomic mass is 35.5. The minimum atomic E-state index is -0.838. The van der Waals surface area contributed by atoms with E-state index in [0.717, 1.165) is 10.5 Å². The Morgan fingerprint density at radius 3 is 2.06 bits per heavy atom. The number of ether oxygens (including phenoxy) is 1. The second kappa shape index (κ2) is 8.75. The lowest BCUT2D eigenvalue weighted by Gasteiger charge is -2.23. The summed E-state index contributed by atoms with van der Waals surface area (Å²) >= 11 is 6.02. The maximum absolute atomic E-state index is 13.5. The number of amides is 2. The maximum Gasteiger partial charge on any atom is 0.334 e. The molecule has 0 aliphatic carbocycles.